The van der Waals surface area contributed by atoms with Gasteiger partial charge >= 0.3 is 0 Å². The van der Waals surface area contributed by atoms with Gasteiger partial charge in [-0.25, -0.2) is 9.18 Å². The molecule has 0 saturated heterocycles. The van der Waals surface area contributed by atoms with Gasteiger partial charge in [0.05, 0.1) is 5.69 Å². The monoisotopic (exact) mass is 162 g/mol. The van der Waals surface area contributed by atoms with Gasteiger partial charge in [0, 0.05) is 0 Å². The number of nitriles is 1. The van der Waals surface area contributed by atoms with E-state index in [1.54, 1.807) is 6.07 Å². The summed E-state index contributed by atoms with van der Waals surface area (Å²) in [6, 6.07) is 5.46. The molecule has 4 heteroatoms. The number of hydrogen-bond donors (Lipinski definition) is 0. The summed E-state index contributed by atoms with van der Waals surface area (Å²) in [6.45, 7) is 0. The Balaban J connectivity index is 3.39. The molecule has 12 heavy (non-hydrogen) atoms. The van der Waals surface area contributed by atoms with Gasteiger partial charge in [0.1, 0.15) is 17.4 Å². The largest absolute Gasteiger partial charge is 0.240 e. The van der Waals surface area contributed by atoms with E-state index in [1.165, 1.54) is 18.2 Å². The van der Waals surface area contributed by atoms with E-state index < -0.39 is 5.82 Å². The molecule has 1 rings (SSSR count). The summed E-state index contributed by atoms with van der Waals surface area (Å²) in [5.74, 6) is -0.686. The molecule has 0 fully saturated rings. The van der Waals surface area contributed by atoms with Gasteiger partial charge in [-0.2, -0.15) is 10.3 Å². The number of aliphatic imine (C=N–C) groups is 1. The molecule has 0 atom stereocenters. The predicted molar refractivity (Wildman–Crippen MR) is 38.9 cm³/mol. The van der Waals surface area contributed by atoms with Crippen molar-refractivity contribution in [3.8, 4) is 6.07 Å². The zero-order chi connectivity index (χ0) is 8.97. The Bertz CT molecular complexity index is 389. The molecule has 3 nitrogen and oxygen atoms in total. The van der Waals surface area contributed by atoms with Gasteiger partial charge in [-0.3, -0.25) is 0 Å². The lowest BCUT2D eigenvalue weighted by molar-refractivity contribution is 0.565. The van der Waals surface area contributed by atoms with Gasteiger partial charge in [0.2, 0.25) is 6.08 Å². The van der Waals surface area contributed by atoms with Crippen LogP contribution in [0.4, 0.5) is 10.1 Å². The number of rotatable bonds is 1. The zero-order valence-corrected chi connectivity index (χ0v) is 5.91. The quantitative estimate of drug-likeness (QED) is 0.465. The van der Waals surface area contributed by atoms with E-state index in [2.05, 4.69) is 4.99 Å². The number of benzene rings is 1. The highest BCUT2D eigenvalue weighted by Crippen LogP contribution is 2.19. The molecule has 0 amide bonds. The number of hydrogen-bond acceptors (Lipinski definition) is 3. The molecule has 0 spiro atoms. The third kappa shape index (κ3) is 1.36. The first-order chi connectivity index (χ1) is 5.79. The fourth-order valence-electron chi connectivity index (χ4n) is 0.766. The van der Waals surface area contributed by atoms with Gasteiger partial charge in [-0.1, -0.05) is 6.07 Å². The van der Waals surface area contributed by atoms with Crippen LogP contribution in [-0.4, -0.2) is 6.08 Å². The van der Waals surface area contributed by atoms with Crippen molar-refractivity contribution >= 4 is 11.8 Å². The molecule has 0 aliphatic heterocycles. The third-order valence-corrected chi connectivity index (χ3v) is 1.27. The minimum Gasteiger partial charge on any atom is -0.211 e. The summed E-state index contributed by atoms with van der Waals surface area (Å²) >= 11 is 0. The fraction of sp³-hybridized carbons (Fsp3) is 0. The van der Waals surface area contributed by atoms with E-state index in [-0.39, 0.29) is 11.3 Å². The first-order valence-electron chi connectivity index (χ1n) is 3.06. The van der Waals surface area contributed by atoms with Crippen molar-refractivity contribution in [1.82, 2.24) is 0 Å². The summed E-state index contributed by atoms with van der Waals surface area (Å²) in [5.41, 5.74) is -0.228. The van der Waals surface area contributed by atoms with Crippen LogP contribution in [0.2, 0.25) is 0 Å². The molecule has 1 aromatic rings. The fourth-order valence-corrected chi connectivity index (χ4v) is 0.766. The highest BCUT2D eigenvalue weighted by Gasteiger charge is 2.05. The van der Waals surface area contributed by atoms with Crippen molar-refractivity contribution < 1.29 is 9.18 Å². The summed E-state index contributed by atoms with van der Waals surface area (Å²) in [4.78, 5) is 13.0. The minimum absolute atomic E-state index is 0.00694. The number of isocyanates is 1. The average molecular weight is 162 g/mol. The second-order valence-electron chi connectivity index (χ2n) is 1.95. The van der Waals surface area contributed by atoms with E-state index in [9.17, 15) is 9.18 Å². The smallest absolute Gasteiger partial charge is 0.211 e. The van der Waals surface area contributed by atoms with Crippen LogP contribution in [0.25, 0.3) is 0 Å². The van der Waals surface area contributed by atoms with Crippen LogP contribution in [0.5, 0.6) is 0 Å². The molecule has 0 aromatic heterocycles. The second kappa shape index (κ2) is 3.42. The number of nitrogens with zero attached hydrogens (tertiary/aromatic N) is 2. The topological polar surface area (TPSA) is 53.2 Å². The van der Waals surface area contributed by atoms with E-state index in [0.717, 1.165) is 6.07 Å². The zero-order valence-electron chi connectivity index (χ0n) is 5.91. The Morgan fingerprint density at radius 2 is 2.25 bits per heavy atom. The first-order valence-corrected chi connectivity index (χ1v) is 3.06. The Labute approximate surface area is 67.8 Å². The van der Waals surface area contributed by atoms with Crippen LogP contribution in [0.1, 0.15) is 5.56 Å². The normalized spacial score (nSPS) is 8.33. The van der Waals surface area contributed by atoms with Gasteiger partial charge in [0.25, 0.3) is 0 Å². The standard InChI is InChI=1S/C8H3FN2O/c9-7-2-1-3-8(11-5-12)6(7)4-10/h1-3H. The lowest BCUT2D eigenvalue weighted by Crippen LogP contribution is -1.82. The molecule has 0 aliphatic rings. The maximum absolute atomic E-state index is 12.8. The van der Waals surface area contributed by atoms with Crippen LogP contribution in [0.3, 0.4) is 0 Å². The molecule has 1 aromatic carbocycles. The first kappa shape index (κ1) is 8.12. The highest BCUT2D eigenvalue weighted by atomic mass is 19.1. The molecule has 0 bridgehead atoms. The molecule has 58 valence electrons. The third-order valence-electron chi connectivity index (χ3n) is 1.27. The minimum atomic E-state index is -0.686. The molecular formula is C8H3FN2O. The lowest BCUT2D eigenvalue weighted by atomic mass is 10.2. The van der Waals surface area contributed by atoms with E-state index in [0.29, 0.717) is 0 Å². The van der Waals surface area contributed by atoms with Crippen molar-refractivity contribution in [3.05, 3.63) is 29.6 Å². The van der Waals surface area contributed by atoms with E-state index in [4.69, 9.17) is 5.26 Å². The average Bonchev–Trinajstić information content (AvgIpc) is 2.05. The van der Waals surface area contributed by atoms with Gasteiger partial charge < -0.3 is 0 Å². The molecule has 0 aliphatic carbocycles. The van der Waals surface area contributed by atoms with Crippen LogP contribution in [0.15, 0.2) is 23.2 Å². The van der Waals surface area contributed by atoms with E-state index >= 15 is 0 Å². The summed E-state index contributed by atoms with van der Waals surface area (Å²) in [5, 5.41) is 8.45. The molecule has 0 heterocycles. The van der Waals surface area contributed by atoms with Crippen molar-refractivity contribution in [3.63, 3.8) is 0 Å². The second-order valence-corrected chi connectivity index (χ2v) is 1.95. The molecular weight excluding hydrogens is 159 g/mol. The van der Waals surface area contributed by atoms with Crippen molar-refractivity contribution in [2.24, 2.45) is 4.99 Å². The van der Waals surface area contributed by atoms with Crippen molar-refractivity contribution in [2.45, 2.75) is 0 Å². The number of halogens is 1. The van der Waals surface area contributed by atoms with Crippen LogP contribution in [-0.2, 0) is 4.79 Å². The Kier molecular flexibility index (Phi) is 2.32. The van der Waals surface area contributed by atoms with Crippen molar-refractivity contribution in [1.29, 1.82) is 5.26 Å². The Morgan fingerprint density at radius 1 is 1.50 bits per heavy atom. The molecule has 0 radical (unpaired) electrons. The van der Waals surface area contributed by atoms with Crippen LogP contribution >= 0.6 is 0 Å². The van der Waals surface area contributed by atoms with Crippen LogP contribution in [0, 0.1) is 17.1 Å². The molecule has 0 N–H and O–H groups in total. The van der Waals surface area contributed by atoms with Gasteiger partial charge in [-0.15, -0.1) is 0 Å². The molecule has 0 saturated carbocycles. The van der Waals surface area contributed by atoms with Gasteiger partial charge in [-0.05, 0) is 12.1 Å². The van der Waals surface area contributed by atoms with E-state index in [1.807, 2.05) is 0 Å². The summed E-state index contributed by atoms with van der Waals surface area (Å²) in [6.07, 6.45) is 1.24. The Hall–Kier alpha value is -1.98. The maximum Gasteiger partial charge on any atom is 0.240 e. The molecule has 0 unspecified atom stereocenters. The van der Waals surface area contributed by atoms with Crippen LogP contribution < -0.4 is 0 Å². The predicted octanol–water partition coefficient (Wildman–Crippen LogP) is 1.66. The van der Waals surface area contributed by atoms with Crippen molar-refractivity contribution in [2.75, 3.05) is 0 Å². The highest BCUT2D eigenvalue weighted by molar-refractivity contribution is 5.58. The number of carbonyl (C=O) groups excluding carboxylic acids is 1. The summed E-state index contributed by atoms with van der Waals surface area (Å²) < 4.78 is 12.8. The maximum atomic E-state index is 12.8. The SMILES string of the molecule is N#Cc1c(F)cccc1N=C=O. The Morgan fingerprint density at radius 3 is 2.83 bits per heavy atom. The lowest BCUT2D eigenvalue weighted by Gasteiger charge is -1.94. The van der Waals surface area contributed by atoms with Gasteiger partial charge in [0.15, 0.2) is 0 Å². The summed E-state index contributed by atoms with van der Waals surface area (Å²) in [7, 11) is 0.